The van der Waals surface area contributed by atoms with Crippen molar-refractivity contribution in [3.05, 3.63) is 35.4 Å². The van der Waals surface area contributed by atoms with E-state index in [1.807, 2.05) is 0 Å². The van der Waals surface area contributed by atoms with Gasteiger partial charge in [0.15, 0.2) is 0 Å². The number of rotatable bonds is 2. The summed E-state index contributed by atoms with van der Waals surface area (Å²) in [5, 5.41) is 12.5. The van der Waals surface area contributed by atoms with Crippen LogP contribution in [0.3, 0.4) is 0 Å². The summed E-state index contributed by atoms with van der Waals surface area (Å²) in [6.07, 6.45) is 2.39. The van der Waals surface area contributed by atoms with E-state index in [-0.39, 0.29) is 24.8 Å². The smallest absolute Gasteiger partial charge is 0.331 e. The molecule has 2 N–H and O–H groups in total. The predicted molar refractivity (Wildman–Crippen MR) is 95.4 cm³/mol. The van der Waals surface area contributed by atoms with Gasteiger partial charge in [0.05, 0.1) is 17.4 Å². The first-order chi connectivity index (χ1) is 12.1. The normalized spacial score (nSPS) is 22.7. The number of anilines is 1. The Morgan fingerprint density at radius 1 is 1.35 bits per heavy atom. The molecule has 7 nitrogen and oxygen atoms in total. The van der Waals surface area contributed by atoms with Crippen molar-refractivity contribution in [3.63, 3.8) is 0 Å². The second-order valence-corrected chi connectivity index (χ2v) is 7.52. The fourth-order valence-corrected chi connectivity index (χ4v) is 3.11. The molecule has 1 fully saturated rings. The Balaban J connectivity index is 1.85. The summed E-state index contributed by atoms with van der Waals surface area (Å²) in [5.74, 6) is -1.09. The predicted octanol–water partition coefficient (Wildman–Crippen LogP) is 1.57. The van der Waals surface area contributed by atoms with Gasteiger partial charge in [-0.05, 0) is 44.5 Å². The first-order valence-electron chi connectivity index (χ1n) is 8.49. The SMILES string of the molecule is CC(C)(C)OC(=O)/C=C/c1ccc2c(c1)C(=O)N1C[C@H](O)C[C@H]1C(=O)N2. The molecule has 2 atom stereocenters. The summed E-state index contributed by atoms with van der Waals surface area (Å²) in [7, 11) is 0. The number of aliphatic hydroxyl groups is 1. The Kier molecular flexibility index (Phi) is 4.58. The lowest BCUT2D eigenvalue weighted by atomic mass is 10.1. The van der Waals surface area contributed by atoms with Crippen LogP contribution in [0.25, 0.3) is 6.08 Å². The van der Waals surface area contributed by atoms with Crippen molar-refractivity contribution in [3.8, 4) is 0 Å². The number of fused-ring (bicyclic) bond motifs is 2. The van der Waals surface area contributed by atoms with E-state index in [9.17, 15) is 19.5 Å². The van der Waals surface area contributed by atoms with Crippen molar-refractivity contribution in [2.45, 2.75) is 44.9 Å². The van der Waals surface area contributed by atoms with Crippen molar-refractivity contribution in [1.29, 1.82) is 0 Å². The van der Waals surface area contributed by atoms with E-state index in [0.717, 1.165) is 0 Å². The third kappa shape index (κ3) is 3.77. The van der Waals surface area contributed by atoms with Crippen LogP contribution in [-0.2, 0) is 14.3 Å². The van der Waals surface area contributed by atoms with Gasteiger partial charge in [0.25, 0.3) is 5.91 Å². The molecule has 26 heavy (non-hydrogen) atoms. The molecular formula is C19H22N2O5. The third-order valence-electron chi connectivity index (χ3n) is 4.19. The molecule has 0 spiro atoms. The second-order valence-electron chi connectivity index (χ2n) is 7.52. The van der Waals surface area contributed by atoms with Crippen molar-refractivity contribution in [2.75, 3.05) is 11.9 Å². The number of amides is 2. The van der Waals surface area contributed by atoms with Crippen LogP contribution in [0.2, 0.25) is 0 Å². The van der Waals surface area contributed by atoms with Gasteiger partial charge in [-0.25, -0.2) is 4.79 Å². The number of ether oxygens (including phenoxy) is 1. The molecule has 1 aromatic rings. The summed E-state index contributed by atoms with van der Waals surface area (Å²) >= 11 is 0. The Morgan fingerprint density at radius 2 is 2.08 bits per heavy atom. The Morgan fingerprint density at radius 3 is 2.77 bits per heavy atom. The van der Waals surface area contributed by atoms with Crippen LogP contribution in [0.4, 0.5) is 5.69 Å². The third-order valence-corrected chi connectivity index (χ3v) is 4.19. The molecule has 1 aromatic carbocycles. The molecule has 3 rings (SSSR count). The molecule has 0 radical (unpaired) electrons. The summed E-state index contributed by atoms with van der Waals surface area (Å²) in [4.78, 5) is 38.3. The van der Waals surface area contributed by atoms with Crippen molar-refractivity contribution in [1.82, 2.24) is 4.90 Å². The molecular weight excluding hydrogens is 336 g/mol. The maximum Gasteiger partial charge on any atom is 0.331 e. The van der Waals surface area contributed by atoms with E-state index in [4.69, 9.17) is 4.74 Å². The number of esters is 1. The Labute approximate surface area is 151 Å². The Hall–Kier alpha value is -2.67. The number of nitrogens with one attached hydrogen (secondary N) is 1. The molecule has 0 saturated carbocycles. The standard InChI is InChI=1S/C19H22N2O5/c1-19(2,3)26-16(23)7-5-11-4-6-14-13(8-11)18(25)21-10-12(22)9-15(21)17(24)20-14/h4-8,12,15,22H,9-10H2,1-3H3,(H,20,24)/b7-5+/t12-,15+/m1/s1. The maximum atomic E-state index is 12.8. The first kappa shape index (κ1) is 18.1. The van der Waals surface area contributed by atoms with E-state index in [1.54, 1.807) is 45.0 Å². The highest BCUT2D eigenvalue weighted by Gasteiger charge is 2.42. The molecule has 2 aliphatic rings. The van der Waals surface area contributed by atoms with Crippen LogP contribution < -0.4 is 5.32 Å². The van der Waals surface area contributed by atoms with Crippen LogP contribution in [0.1, 0.15) is 43.1 Å². The molecule has 138 valence electrons. The lowest BCUT2D eigenvalue weighted by Gasteiger charge is -2.19. The van der Waals surface area contributed by atoms with E-state index >= 15 is 0 Å². The van der Waals surface area contributed by atoms with E-state index in [0.29, 0.717) is 16.8 Å². The molecule has 0 unspecified atom stereocenters. The van der Waals surface area contributed by atoms with Crippen molar-refractivity contribution >= 4 is 29.5 Å². The highest BCUT2D eigenvalue weighted by Crippen LogP contribution is 2.29. The van der Waals surface area contributed by atoms with Gasteiger partial charge < -0.3 is 20.1 Å². The molecule has 2 amide bonds. The average molecular weight is 358 g/mol. The lowest BCUT2D eigenvalue weighted by molar-refractivity contribution is -0.148. The summed E-state index contributed by atoms with van der Waals surface area (Å²) < 4.78 is 5.21. The van der Waals surface area contributed by atoms with Crippen LogP contribution in [0.15, 0.2) is 24.3 Å². The Bertz CT molecular complexity index is 794. The van der Waals surface area contributed by atoms with E-state index < -0.39 is 23.7 Å². The van der Waals surface area contributed by atoms with Crippen molar-refractivity contribution in [2.24, 2.45) is 0 Å². The van der Waals surface area contributed by atoms with Crippen molar-refractivity contribution < 1.29 is 24.2 Å². The zero-order valence-corrected chi connectivity index (χ0v) is 15.0. The van der Waals surface area contributed by atoms with Gasteiger partial charge in [-0.1, -0.05) is 6.07 Å². The van der Waals surface area contributed by atoms with Crippen LogP contribution in [0.5, 0.6) is 0 Å². The number of carbonyl (C=O) groups excluding carboxylic acids is 3. The van der Waals surface area contributed by atoms with Gasteiger partial charge in [-0.15, -0.1) is 0 Å². The quantitative estimate of drug-likeness (QED) is 0.618. The zero-order chi connectivity index (χ0) is 19.1. The zero-order valence-electron chi connectivity index (χ0n) is 15.0. The van der Waals surface area contributed by atoms with Gasteiger partial charge >= 0.3 is 5.97 Å². The molecule has 0 aliphatic carbocycles. The van der Waals surface area contributed by atoms with Gasteiger partial charge in [-0.3, -0.25) is 9.59 Å². The topological polar surface area (TPSA) is 95.9 Å². The largest absolute Gasteiger partial charge is 0.457 e. The van der Waals surface area contributed by atoms with Crippen LogP contribution in [-0.4, -0.2) is 52.1 Å². The summed E-state index contributed by atoms with van der Waals surface area (Å²) in [6, 6.07) is 4.30. The number of aliphatic hydroxyl groups excluding tert-OH is 1. The van der Waals surface area contributed by atoms with E-state index in [1.165, 1.54) is 11.0 Å². The number of hydrogen-bond donors (Lipinski definition) is 2. The number of benzene rings is 1. The van der Waals surface area contributed by atoms with Gasteiger partial charge in [0, 0.05) is 19.0 Å². The minimum Gasteiger partial charge on any atom is -0.457 e. The molecule has 1 saturated heterocycles. The van der Waals surface area contributed by atoms with Gasteiger partial charge in [0.1, 0.15) is 11.6 Å². The fraction of sp³-hybridized carbons (Fsp3) is 0.421. The van der Waals surface area contributed by atoms with Crippen LogP contribution in [0, 0.1) is 0 Å². The maximum absolute atomic E-state index is 12.8. The summed E-state index contributed by atoms with van der Waals surface area (Å²) in [5.41, 5.74) is 0.816. The number of hydrogen-bond acceptors (Lipinski definition) is 5. The molecule has 0 bridgehead atoms. The molecule has 0 aromatic heterocycles. The number of carbonyl (C=O) groups is 3. The fourth-order valence-electron chi connectivity index (χ4n) is 3.11. The molecule has 7 heteroatoms. The first-order valence-corrected chi connectivity index (χ1v) is 8.49. The minimum absolute atomic E-state index is 0.133. The monoisotopic (exact) mass is 358 g/mol. The summed E-state index contributed by atoms with van der Waals surface area (Å²) in [6.45, 7) is 5.48. The molecule has 2 aliphatic heterocycles. The van der Waals surface area contributed by atoms with Crippen LogP contribution >= 0.6 is 0 Å². The minimum atomic E-state index is -0.702. The molecule has 2 heterocycles. The average Bonchev–Trinajstić information content (AvgIpc) is 2.90. The highest BCUT2D eigenvalue weighted by molar-refractivity contribution is 6.10. The highest BCUT2D eigenvalue weighted by atomic mass is 16.6. The lowest BCUT2D eigenvalue weighted by Crippen LogP contribution is -2.40. The second kappa shape index (κ2) is 6.57. The van der Waals surface area contributed by atoms with Gasteiger partial charge in [-0.2, -0.15) is 0 Å². The van der Waals surface area contributed by atoms with E-state index in [2.05, 4.69) is 5.32 Å². The number of nitrogens with zero attached hydrogens (tertiary/aromatic N) is 1. The van der Waals surface area contributed by atoms with Gasteiger partial charge in [0.2, 0.25) is 5.91 Å².